The third kappa shape index (κ3) is 2.02. The second-order valence-electron chi connectivity index (χ2n) is 5.77. The summed E-state index contributed by atoms with van der Waals surface area (Å²) in [7, 11) is 0. The first-order valence-corrected chi connectivity index (χ1v) is 7.02. The fourth-order valence-electron chi connectivity index (χ4n) is 3.82. The number of nitrogens with zero attached hydrogens (tertiary/aromatic N) is 1. The molecule has 1 aliphatic heterocycles. The van der Waals surface area contributed by atoms with Gasteiger partial charge in [-0.25, -0.2) is 8.78 Å². The maximum absolute atomic E-state index is 14.3. The molecule has 0 saturated heterocycles. The molecular weight excluding hydrogens is 248 g/mol. The van der Waals surface area contributed by atoms with Crippen molar-refractivity contribution in [2.24, 2.45) is 0 Å². The van der Waals surface area contributed by atoms with E-state index in [1.165, 1.54) is 12.5 Å². The quantitative estimate of drug-likeness (QED) is 0.890. The van der Waals surface area contributed by atoms with Crippen LogP contribution in [0, 0.1) is 11.6 Å². The maximum atomic E-state index is 14.3. The van der Waals surface area contributed by atoms with E-state index in [0.29, 0.717) is 24.3 Å². The average molecular weight is 267 g/mol. The normalized spacial score (nSPS) is 20.9. The van der Waals surface area contributed by atoms with Gasteiger partial charge >= 0.3 is 0 Å². The first-order valence-electron chi connectivity index (χ1n) is 7.02. The molecule has 1 aromatic rings. The van der Waals surface area contributed by atoms with Gasteiger partial charge in [-0.3, -0.25) is 0 Å². The van der Waals surface area contributed by atoms with E-state index in [1.54, 1.807) is 0 Å². The third-order valence-electron chi connectivity index (χ3n) is 4.58. The highest BCUT2D eigenvalue weighted by atomic mass is 19.1. The number of fused-ring (bicyclic) bond motifs is 2. The lowest BCUT2D eigenvalue weighted by Crippen LogP contribution is -2.36. The van der Waals surface area contributed by atoms with Gasteiger partial charge in [0.25, 0.3) is 0 Å². The lowest BCUT2D eigenvalue weighted by atomic mass is 9.70. The van der Waals surface area contributed by atoms with Gasteiger partial charge in [0.15, 0.2) is 0 Å². The molecule has 1 fully saturated rings. The van der Waals surface area contributed by atoms with E-state index >= 15 is 0 Å². The Balaban J connectivity index is 2.09. The summed E-state index contributed by atoms with van der Waals surface area (Å²) in [6.45, 7) is 1.16. The summed E-state index contributed by atoms with van der Waals surface area (Å²) in [5.74, 6) is -0.954. The van der Waals surface area contributed by atoms with Crippen LogP contribution in [0.5, 0.6) is 0 Å². The summed E-state index contributed by atoms with van der Waals surface area (Å²) in [5.41, 5.74) is 1.16. The number of hydrogen-bond donors (Lipinski definition) is 1. The summed E-state index contributed by atoms with van der Waals surface area (Å²) in [5, 5.41) is 9.15. The number of anilines is 1. The molecule has 1 aromatic carbocycles. The largest absolute Gasteiger partial charge is 0.395 e. The van der Waals surface area contributed by atoms with E-state index < -0.39 is 11.6 Å². The minimum absolute atomic E-state index is 0.00759. The van der Waals surface area contributed by atoms with Crippen molar-refractivity contribution in [1.29, 1.82) is 0 Å². The Hall–Kier alpha value is -1.16. The van der Waals surface area contributed by atoms with Gasteiger partial charge in [-0.1, -0.05) is 19.3 Å². The Labute approximate surface area is 112 Å². The van der Waals surface area contributed by atoms with Crippen LogP contribution in [0.25, 0.3) is 0 Å². The van der Waals surface area contributed by atoms with Gasteiger partial charge in [-0.05, 0) is 18.9 Å². The average Bonchev–Trinajstić information content (AvgIpc) is 2.65. The van der Waals surface area contributed by atoms with Crippen LogP contribution in [0.15, 0.2) is 12.1 Å². The summed E-state index contributed by atoms with van der Waals surface area (Å²) in [4.78, 5) is 1.94. The molecular formula is C15H19F2NO. The van der Waals surface area contributed by atoms with Crippen LogP contribution < -0.4 is 4.90 Å². The second-order valence-corrected chi connectivity index (χ2v) is 5.77. The van der Waals surface area contributed by atoms with E-state index in [-0.39, 0.29) is 12.0 Å². The molecule has 0 amide bonds. The van der Waals surface area contributed by atoms with Gasteiger partial charge in [0.1, 0.15) is 11.6 Å². The van der Waals surface area contributed by atoms with E-state index in [2.05, 4.69) is 0 Å². The van der Waals surface area contributed by atoms with E-state index in [4.69, 9.17) is 5.11 Å². The van der Waals surface area contributed by atoms with Crippen LogP contribution in [0.3, 0.4) is 0 Å². The van der Waals surface area contributed by atoms with Crippen molar-refractivity contribution in [3.05, 3.63) is 29.3 Å². The molecule has 0 bridgehead atoms. The molecule has 1 aliphatic carbocycles. The minimum Gasteiger partial charge on any atom is -0.395 e. The first-order chi connectivity index (χ1) is 9.16. The van der Waals surface area contributed by atoms with Gasteiger partial charge in [0.05, 0.1) is 6.61 Å². The molecule has 4 heteroatoms. The van der Waals surface area contributed by atoms with Gasteiger partial charge in [-0.15, -0.1) is 0 Å². The molecule has 19 heavy (non-hydrogen) atoms. The van der Waals surface area contributed by atoms with Crippen LogP contribution in [-0.4, -0.2) is 24.8 Å². The Bertz CT molecular complexity index is 483. The highest BCUT2D eigenvalue weighted by Gasteiger charge is 2.45. The monoisotopic (exact) mass is 267 g/mol. The van der Waals surface area contributed by atoms with Crippen LogP contribution >= 0.6 is 0 Å². The molecule has 1 saturated carbocycles. The molecule has 1 N–H and O–H groups in total. The molecule has 1 spiro atoms. The Kier molecular flexibility index (Phi) is 3.21. The van der Waals surface area contributed by atoms with E-state index in [9.17, 15) is 8.78 Å². The molecule has 0 atom stereocenters. The topological polar surface area (TPSA) is 23.5 Å². The standard InChI is InChI=1S/C15H19F2NO/c16-11-8-12(17)14-13(9-11)18(6-7-19)10-15(14)4-2-1-3-5-15/h8-9,19H,1-7,10H2. The van der Waals surface area contributed by atoms with Crippen molar-refractivity contribution < 1.29 is 13.9 Å². The Morgan fingerprint density at radius 1 is 1.16 bits per heavy atom. The highest BCUT2D eigenvalue weighted by molar-refractivity contribution is 5.63. The Morgan fingerprint density at radius 2 is 1.89 bits per heavy atom. The zero-order chi connectivity index (χ0) is 13.5. The van der Waals surface area contributed by atoms with E-state index in [1.807, 2.05) is 4.90 Å². The fourth-order valence-corrected chi connectivity index (χ4v) is 3.82. The number of hydrogen-bond acceptors (Lipinski definition) is 2. The maximum Gasteiger partial charge on any atom is 0.132 e. The number of halogens is 2. The minimum atomic E-state index is -0.535. The van der Waals surface area contributed by atoms with Crippen molar-refractivity contribution in [2.45, 2.75) is 37.5 Å². The highest BCUT2D eigenvalue weighted by Crippen LogP contribution is 2.50. The van der Waals surface area contributed by atoms with Crippen molar-refractivity contribution in [3.8, 4) is 0 Å². The SMILES string of the molecule is OCCN1CC2(CCCCC2)c2c(F)cc(F)cc21. The number of aliphatic hydroxyl groups excluding tert-OH is 1. The van der Waals surface area contributed by atoms with E-state index in [0.717, 1.165) is 31.7 Å². The smallest absolute Gasteiger partial charge is 0.132 e. The second kappa shape index (κ2) is 4.75. The van der Waals surface area contributed by atoms with Crippen molar-refractivity contribution in [2.75, 3.05) is 24.6 Å². The van der Waals surface area contributed by atoms with Gasteiger partial charge in [0, 0.05) is 35.8 Å². The summed E-state index contributed by atoms with van der Waals surface area (Å²) in [6.07, 6.45) is 5.32. The molecule has 0 radical (unpaired) electrons. The van der Waals surface area contributed by atoms with Crippen LogP contribution in [0.4, 0.5) is 14.5 Å². The zero-order valence-electron chi connectivity index (χ0n) is 11.0. The predicted molar refractivity (Wildman–Crippen MR) is 70.4 cm³/mol. The Morgan fingerprint density at radius 3 is 2.58 bits per heavy atom. The zero-order valence-corrected chi connectivity index (χ0v) is 11.0. The summed E-state index contributed by atoms with van der Waals surface area (Å²) < 4.78 is 27.7. The number of β-amino-alcohol motifs (C(OH)–C–C–N with tert-alkyl or cyclic N) is 1. The molecule has 0 aromatic heterocycles. The van der Waals surface area contributed by atoms with Crippen molar-refractivity contribution in [1.82, 2.24) is 0 Å². The van der Waals surface area contributed by atoms with Crippen molar-refractivity contribution in [3.63, 3.8) is 0 Å². The molecule has 104 valence electrons. The van der Waals surface area contributed by atoms with Crippen LogP contribution in [0.1, 0.15) is 37.7 Å². The first kappa shape index (κ1) is 12.9. The lowest BCUT2D eigenvalue weighted by Gasteiger charge is -2.34. The van der Waals surface area contributed by atoms with Gasteiger partial charge in [-0.2, -0.15) is 0 Å². The van der Waals surface area contributed by atoms with Gasteiger partial charge in [0.2, 0.25) is 0 Å². The predicted octanol–water partition coefficient (Wildman–Crippen LogP) is 2.98. The fraction of sp³-hybridized carbons (Fsp3) is 0.600. The van der Waals surface area contributed by atoms with Crippen LogP contribution in [-0.2, 0) is 5.41 Å². The number of aliphatic hydroxyl groups is 1. The lowest BCUT2D eigenvalue weighted by molar-refractivity contribution is 0.282. The summed E-state index contributed by atoms with van der Waals surface area (Å²) in [6, 6.07) is 2.41. The third-order valence-corrected chi connectivity index (χ3v) is 4.58. The molecule has 0 unspecified atom stereocenters. The number of rotatable bonds is 2. The molecule has 3 rings (SSSR count). The van der Waals surface area contributed by atoms with Gasteiger partial charge < -0.3 is 10.0 Å². The molecule has 2 nitrogen and oxygen atoms in total. The van der Waals surface area contributed by atoms with Crippen molar-refractivity contribution >= 4 is 5.69 Å². The number of benzene rings is 1. The van der Waals surface area contributed by atoms with Crippen LogP contribution in [0.2, 0.25) is 0 Å². The molecule has 1 heterocycles. The summed E-state index contributed by atoms with van der Waals surface area (Å²) >= 11 is 0. The molecule has 2 aliphatic rings.